The summed E-state index contributed by atoms with van der Waals surface area (Å²) >= 11 is 0.220. The van der Waals surface area contributed by atoms with Crippen LogP contribution in [0.3, 0.4) is 0 Å². The molecule has 1 aromatic carbocycles. The minimum Gasteiger partial charge on any atom is -0.262 e. The summed E-state index contributed by atoms with van der Waals surface area (Å²) in [4.78, 5) is 0. The van der Waals surface area contributed by atoms with Gasteiger partial charge in [-0.25, -0.2) is 0 Å². The van der Waals surface area contributed by atoms with Crippen LogP contribution in [0, 0.1) is 0 Å². The van der Waals surface area contributed by atoms with E-state index in [4.69, 9.17) is 0 Å². The second-order valence-electron chi connectivity index (χ2n) is 2.52. The molecule has 1 rings (SSSR count). The van der Waals surface area contributed by atoms with Gasteiger partial charge in [-0.2, -0.15) is 0 Å². The quantitative estimate of drug-likeness (QED) is 0.460. The summed E-state index contributed by atoms with van der Waals surface area (Å²) in [6.07, 6.45) is 0. The molecule has 0 aliphatic rings. The lowest BCUT2D eigenvalue weighted by molar-refractivity contribution is 0.757. The van der Waals surface area contributed by atoms with E-state index in [1.165, 1.54) is 9.99 Å². The maximum absolute atomic E-state index is 2.31. The van der Waals surface area contributed by atoms with Crippen molar-refractivity contribution in [2.24, 2.45) is 0 Å². The topological polar surface area (TPSA) is 3.24 Å². The van der Waals surface area contributed by atoms with Crippen LogP contribution >= 0.6 is 21.5 Å². The Morgan fingerprint density at radius 1 is 1.18 bits per heavy atom. The Balaban J connectivity index is 2.39. The predicted octanol–water partition coefficient (Wildman–Crippen LogP) is 2.63. The van der Waals surface area contributed by atoms with E-state index in [1.807, 2.05) is 0 Å². The number of nitrogens with zero attached hydrogens (tertiary/aromatic N) is 1. The van der Waals surface area contributed by atoms with Crippen LogP contribution in [0.25, 0.3) is 0 Å². The van der Waals surface area contributed by atoms with Gasteiger partial charge in [0.05, 0.1) is 0 Å². The molecular weight excluding hydrogens is 249 g/mol. The average molecular weight is 262 g/mol. The first-order valence-corrected chi connectivity index (χ1v) is 6.09. The Morgan fingerprint density at radius 2 is 1.82 bits per heavy atom. The second-order valence-corrected chi connectivity index (χ2v) is 5.90. The van der Waals surface area contributed by atoms with E-state index >= 15 is 0 Å². The first kappa shape index (κ1) is 9.00. The van der Waals surface area contributed by atoms with Crippen molar-refractivity contribution in [2.75, 3.05) is 14.1 Å². The lowest BCUT2D eigenvalue weighted by Gasteiger charge is -2.07. The summed E-state index contributed by atoms with van der Waals surface area (Å²) in [7, 11) is 4.30. The molecule has 61 valence electrons. The lowest BCUT2D eigenvalue weighted by atomic mass is 10.2. The van der Waals surface area contributed by atoms with Gasteiger partial charge in [-0.3, -0.25) is 3.11 Å². The van der Waals surface area contributed by atoms with E-state index in [1.54, 1.807) is 0 Å². The molecule has 11 heavy (non-hydrogen) atoms. The van der Waals surface area contributed by atoms with E-state index in [0.717, 1.165) is 0 Å². The molecule has 0 N–H and O–H groups in total. The summed E-state index contributed by atoms with van der Waals surface area (Å²) in [5.41, 5.74) is 1.47. The Hall–Kier alpha value is -0.0900. The standard InChI is InChI=1S/C9H13IN/c1-11(2)10-8-9-6-4-3-5-7-9/h3-7H,8H2,1-2H3. The molecule has 1 aromatic rings. The fourth-order valence-corrected chi connectivity index (χ4v) is 2.34. The molecule has 0 saturated heterocycles. The number of hydrogen-bond donors (Lipinski definition) is 0. The molecule has 0 spiro atoms. The summed E-state index contributed by atoms with van der Waals surface area (Å²) in [6, 6.07) is 10.7. The van der Waals surface area contributed by atoms with Crippen molar-refractivity contribution in [2.45, 2.75) is 4.43 Å². The largest absolute Gasteiger partial charge is 0.262 e. The van der Waals surface area contributed by atoms with E-state index in [-0.39, 0.29) is 21.5 Å². The summed E-state index contributed by atoms with van der Waals surface area (Å²) < 4.78 is 3.57. The molecule has 0 heterocycles. The fourth-order valence-electron chi connectivity index (χ4n) is 0.756. The highest BCUT2D eigenvalue weighted by atomic mass is 127. The molecule has 0 aliphatic heterocycles. The van der Waals surface area contributed by atoms with Crippen molar-refractivity contribution < 1.29 is 0 Å². The molecule has 0 amide bonds. The molecule has 0 atom stereocenters. The fraction of sp³-hybridized carbons (Fsp3) is 0.333. The number of hydrogen-bond acceptors (Lipinski definition) is 1. The van der Waals surface area contributed by atoms with Crippen molar-refractivity contribution >= 4 is 21.5 Å². The highest BCUT2D eigenvalue weighted by Gasteiger charge is 1.92. The third kappa shape index (κ3) is 3.72. The molecule has 0 fully saturated rings. The molecule has 0 aromatic heterocycles. The normalized spacial score (nSPS) is 10.5. The highest BCUT2D eigenvalue weighted by Crippen LogP contribution is 2.20. The second kappa shape index (κ2) is 4.72. The molecule has 0 aliphatic carbocycles. The average Bonchev–Trinajstić information content (AvgIpc) is 2.03. The first-order chi connectivity index (χ1) is 5.29. The molecule has 1 nitrogen and oxygen atoms in total. The molecule has 0 unspecified atom stereocenters. The van der Waals surface area contributed by atoms with Gasteiger partial charge in [0.2, 0.25) is 0 Å². The van der Waals surface area contributed by atoms with Crippen molar-refractivity contribution in [3.05, 3.63) is 35.9 Å². The van der Waals surface area contributed by atoms with Crippen LogP contribution in [-0.2, 0) is 4.43 Å². The van der Waals surface area contributed by atoms with Crippen LogP contribution in [0.15, 0.2) is 30.3 Å². The lowest BCUT2D eigenvalue weighted by Crippen LogP contribution is -1.96. The Bertz CT molecular complexity index is 196. The summed E-state index contributed by atoms with van der Waals surface area (Å²) in [6.45, 7) is 0. The molecule has 1 radical (unpaired) electrons. The minimum atomic E-state index is 0.220. The van der Waals surface area contributed by atoms with E-state index in [0.29, 0.717) is 0 Å². The van der Waals surface area contributed by atoms with Crippen LogP contribution in [0.4, 0.5) is 0 Å². The zero-order chi connectivity index (χ0) is 8.10. The first-order valence-electron chi connectivity index (χ1n) is 3.59. The van der Waals surface area contributed by atoms with Gasteiger partial charge in [-0.15, -0.1) is 0 Å². The van der Waals surface area contributed by atoms with E-state index in [2.05, 4.69) is 47.5 Å². The van der Waals surface area contributed by atoms with Gasteiger partial charge >= 0.3 is 0 Å². The Morgan fingerprint density at radius 3 is 2.36 bits per heavy atom. The zero-order valence-corrected chi connectivity index (χ0v) is 9.08. The van der Waals surface area contributed by atoms with E-state index in [9.17, 15) is 0 Å². The van der Waals surface area contributed by atoms with Gasteiger partial charge in [0, 0.05) is 4.43 Å². The van der Waals surface area contributed by atoms with Gasteiger partial charge in [-0.05, 0) is 19.7 Å². The zero-order valence-electron chi connectivity index (χ0n) is 6.92. The van der Waals surface area contributed by atoms with E-state index < -0.39 is 0 Å². The number of benzene rings is 1. The maximum atomic E-state index is 2.31. The SMILES string of the molecule is CN(C)[I]Cc1ccccc1. The van der Waals surface area contributed by atoms with Crippen LogP contribution in [0.1, 0.15) is 5.56 Å². The van der Waals surface area contributed by atoms with Gasteiger partial charge < -0.3 is 0 Å². The third-order valence-electron chi connectivity index (χ3n) is 1.30. The summed E-state index contributed by atoms with van der Waals surface area (Å²) in [5.74, 6) is 0. The molecule has 0 saturated carbocycles. The molecule has 0 bridgehead atoms. The van der Waals surface area contributed by atoms with Crippen molar-refractivity contribution in [1.82, 2.24) is 3.11 Å². The maximum Gasteiger partial charge on any atom is 0.0299 e. The van der Waals surface area contributed by atoms with Crippen molar-refractivity contribution in [3.63, 3.8) is 0 Å². The van der Waals surface area contributed by atoms with Crippen molar-refractivity contribution in [3.8, 4) is 0 Å². The van der Waals surface area contributed by atoms with Crippen LogP contribution in [0.2, 0.25) is 0 Å². The number of halogens is 1. The van der Waals surface area contributed by atoms with Crippen molar-refractivity contribution in [1.29, 1.82) is 0 Å². The van der Waals surface area contributed by atoms with Gasteiger partial charge in [0.1, 0.15) is 0 Å². The van der Waals surface area contributed by atoms with Gasteiger partial charge in [0.15, 0.2) is 0 Å². The minimum absolute atomic E-state index is 0.220. The third-order valence-corrected chi connectivity index (χ3v) is 3.88. The van der Waals surface area contributed by atoms with Crippen LogP contribution < -0.4 is 0 Å². The van der Waals surface area contributed by atoms with Crippen LogP contribution in [-0.4, -0.2) is 17.2 Å². The number of alkyl halides is 1. The van der Waals surface area contributed by atoms with Gasteiger partial charge in [-0.1, -0.05) is 51.8 Å². The molecule has 2 heteroatoms. The Labute approximate surface area is 79.0 Å². The Kier molecular flexibility index (Phi) is 3.86. The number of rotatable bonds is 3. The summed E-state index contributed by atoms with van der Waals surface area (Å²) in [5, 5.41) is 0. The predicted molar refractivity (Wildman–Crippen MR) is 57.9 cm³/mol. The monoisotopic (exact) mass is 262 g/mol. The van der Waals surface area contributed by atoms with Crippen LogP contribution in [0.5, 0.6) is 0 Å². The smallest absolute Gasteiger partial charge is 0.0299 e. The molecular formula is C9H13IN. The van der Waals surface area contributed by atoms with Gasteiger partial charge in [0.25, 0.3) is 0 Å². The highest BCUT2D eigenvalue weighted by molar-refractivity contribution is 14.2.